The Morgan fingerprint density at radius 1 is 1.03 bits per heavy atom. The van der Waals surface area contributed by atoms with Crippen LogP contribution >= 0.6 is 23.7 Å². The number of thioether (sulfide) groups is 1. The summed E-state index contributed by atoms with van der Waals surface area (Å²) in [4.78, 5) is 18.3. The van der Waals surface area contributed by atoms with Crippen molar-refractivity contribution < 1.29 is 28.5 Å². The maximum atomic E-state index is 12.7. The molecule has 0 aromatic heterocycles. The van der Waals surface area contributed by atoms with Gasteiger partial charge in [-0.05, 0) is 42.2 Å². The van der Waals surface area contributed by atoms with Crippen molar-refractivity contribution in [2.24, 2.45) is 9.39 Å². The van der Waals surface area contributed by atoms with Gasteiger partial charge in [0.25, 0.3) is 5.91 Å². The number of nitrogens with zero attached hydrogens (tertiary/aromatic N) is 3. The van der Waals surface area contributed by atoms with Gasteiger partial charge in [0.1, 0.15) is 30.5 Å². The summed E-state index contributed by atoms with van der Waals surface area (Å²) in [5, 5.41) is 9.55. The lowest BCUT2D eigenvalue weighted by Crippen LogP contribution is -2.41. The summed E-state index contributed by atoms with van der Waals surface area (Å²) >= 11 is 2.46. The zero-order valence-electron chi connectivity index (χ0n) is 20.1. The maximum Gasteiger partial charge on any atom is 0.283 e. The molecule has 0 fully saturated rings. The Morgan fingerprint density at radius 3 is 2.39 bits per heavy atom. The largest absolute Gasteiger partial charge is 0.497 e. The highest BCUT2D eigenvalue weighted by molar-refractivity contribution is 8.18. The predicted molar refractivity (Wildman–Crippen MR) is 142 cm³/mol. The summed E-state index contributed by atoms with van der Waals surface area (Å²) in [7, 11) is 4.62. The highest BCUT2D eigenvalue weighted by Gasteiger charge is 2.37. The third kappa shape index (κ3) is 5.29. The van der Waals surface area contributed by atoms with E-state index in [9.17, 15) is 4.79 Å². The number of amidine groups is 3. The van der Waals surface area contributed by atoms with Crippen LogP contribution in [0.15, 0.2) is 51.4 Å². The summed E-state index contributed by atoms with van der Waals surface area (Å²) < 4.78 is 32.2. The number of hydrogen-bond donors (Lipinski definition) is 1. The number of nitrogens with one attached hydrogen (secondary N) is 1. The SMILES string of the molecule is COc1cccc(OCCOc2c(OC)cc(/C=C3/C(=N)N4C(SC)=NSC4=NC3=O)cc2OC)c1. The monoisotopic (exact) mass is 528 g/mol. The van der Waals surface area contributed by atoms with Gasteiger partial charge < -0.3 is 23.7 Å². The zero-order chi connectivity index (χ0) is 25.7. The van der Waals surface area contributed by atoms with E-state index in [1.165, 1.54) is 26.0 Å². The normalized spacial score (nSPS) is 15.9. The molecule has 0 unspecified atom stereocenters. The first-order chi connectivity index (χ1) is 17.5. The Balaban J connectivity index is 1.52. The van der Waals surface area contributed by atoms with Gasteiger partial charge in [0.2, 0.25) is 10.9 Å². The average Bonchev–Trinajstić information content (AvgIpc) is 3.32. The molecule has 1 N–H and O–H groups in total. The second-order valence-electron chi connectivity index (χ2n) is 7.24. The fraction of sp³-hybridized carbons (Fsp3) is 0.250. The first-order valence-electron chi connectivity index (χ1n) is 10.7. The molecular formula is C24H24N4O6S2. The van der Waals surface area contributed by atoms with Crippen molar-refractivity contribution in [3.05, 3.63) is 47.5 Å². The molecule has 0 atom stereocenters. The molecule has 4 rings (SSSR count). The van der Waals surface area contributed by atoms with Crippen molar-refractivity contribution in [1.82, 2.24) is 4.90 Å². The molecular weight excluding hydrogens is 504 g/mol. The third-order valence-corrected chi connectivity index (χ3v) is 6.57. The second-order valence-corrected chi connectivity index (χ2v) is 8.74. The summed E-state index contributed by atoms with van der Waals surface area (Å²) in [5.74, 6) is 2.08. The fourth-order valence-corrected chi connectivity index (χ4v) is 4.87. The van der Waals surface area contributed by atoms with Crippen LogP contribution in [0.25, 0.3) is 6.08 Å². The minimum Gasteiger partial charge on any atom is -0.497 e. The Bertz CT molecular complexity index is 1250. The Morgan fingerprint density at radius 2 is 1.72 bits per heavy atom. The molecule has 0 bridgehead atoms. The molecule has 36 heavy (non-hydrogen) atoms. The van der Waals surface area contributed by atoms with Gasteiger partial charge in [-0.25, -0.2) is 4.90 Å². The van der Waals surface area contributed by atoms with E-state index in [2.05, 4.69) is 9.39 Å². The van der Waals surface area contributed by atoms with Crippen molar-refractivity contribution >= 4 is 51.9 Å². The van der Waals surface area contributed by atoms with Crippen LogP contribution in [-0.2, 0) is 4.79 Å². The Hall–Kier alpha value is -3.64. The van der Waals surface area contributed by atoms with E-state index in [0.29, 0.717) is 44.6 Å². The van der Waals surface area contributed by atoms with Crippen LogP contribution in [-0.4, -0.2) is 67.8 Å². The fourth-order valence-electron chi connectivity index (χ4n) is 3.42. The summed E-state index contributed by atoms with van der Waals surface area (Å²) in [5.41, 5.74) is 0.720. The number of fused-ring (bicyclic) bond motifs is 1. The van der Waals surface area contributed by atoms with E-state index in [4.69, 9.17) is 29.1 Å². The molecule has 2 aliphatic heterocycles. The minimum atomic E-state index is -0.510. The van der Waals surface area contributed by atoms with E-state index >= 15 is 0 Å². The lowest BCUT2D eigenvalue weighted by molar-refractivity contribution is -0.114. The standard InChI is InChI=1S/C24H24N4O6S2/c1-30-15-6-5-7-16(13-15)33-8-9-34-20-18(31-2)11-14(12-19(20)32-3)10-17-21(25)28-23(26-22(17)29)36-27-24(28)35-4/h5-7,10-13,25H,8-9H2,1-4H3/b17-10-,25-21?. The number of amides is 1. The van der Waals surface area contributed by atoms with Gasteiger partial charge >= 0.3 is 0 Å². The smallest absolute Gasteiger partial charge is 0.283 e. The minimum absolute atomic E-state index is 0.0102. The van der Waals surface area contributed by atoms with E-state index in [1.807, 2.05) is 24.5 Å². The molecule has 1 amide bonds. The topological polar surface area (TPSA) is 115 Å². The molecule has 2 aliphatic rings. The van der Waals surface area contributed by atoms with E-state index < -0.39 is 5.91 Å². The first-order valence-corrected chi connectivity index (χ1v) is 12.7. The van der Waals surface area contributed by atoms with Crippen molar-refractivity contribution in [2.45, 2.75) is 0 Å². The number of carbonyl (C=O) groups is 1. The number of methoxy groups -OCH3 is 3. The van der Waals surface area contributed by atoms with Crippen LogP contribution in [0.3, 0.4) is 0 Å². The number of ether oxygens (including phenoxy) is 5. The molecule has 0 aliphatic carbocycles. The van der Waals surface area contributed by atoms with Gasteiger partial charge in [-0.2, -0.15) is 9.39 Å². The van der Waals surface area contributed by atoms with Crippen LogP contribution in [0.1, 0.15) is 5.56 Å². The number of benzene rings is 2. The molecule has 2 aromatic rings. The van der Waals surface area contributed by atoms with Crippen molar-refractivity contribution in [1.29, 1.82) is 5.41 Å². The first kappa shape index (κ1) is 25.5. The lowest BCUT2D eigenvalue weighted by atomic mass is 10.1. The highest BCUT2D eigenvalue weighted by atomic mass is 32.2. The van der Waals surface area contributed by atoms with E-state index in [-0.39, 0.29) is 24.6 Å². The molecule has 0 saturated carbocycles. The van der Waals surface area contributed by atoms with Gasteiger partial charge in [0, 0.05) is 6.07 Å². The van der Waals surface area contributed by atoms with Crippen LogP contribution < -0.4 is 23.7 Å². The predicted octanol–water partition coefficient (Wildman–Crippen LogP) is 4.11. The highest BCUT2D eigenvalue weighted by Crippen LogP contribution is 2.40. The van der Waals surface area contributed by atoms with Gasteiger partial charge in [-0.3, -0.25) is 10.2 Å². The lowest BCUT2D eigenvalue weighted by Gasteiger charge is -2.24. The Kier molecular flexibility index (Phi) is 8.06. The van der Waals surface area contributed by atoms with Crippen LogP contribution in [0.2, 0.25) is 0 Å². The quantitative estimate of drug-likeness (QED) is 0.292. The molecule has 2 aromatic carbocycles. The van der Waals surface area contributed by atoms with Crippen molar-refractivity contribution in [2.75, 3.05) is 40.8 Å². The molecule has 12 heteroatoms. The van der Waals surface area contributed by atoms with Crippen molar-refractivity contribution in [3.8, 4) is 28.7 Å². The van der Waals surface area contributed by atoms with E-state index in [1.54, 1.807) is 36.3 Å². The van der Waals surface area contributed by atoms with E-state index in [0.717, 1.165) is 11.9 Å². The van der Waals surface area contributed by atoms with Gasteiger partial charge in [0.15, 0.2) is 16.7 Å². The summed E-state index contributed by atoms with van der Waals surface area (Å²) in [6, 6.07) is 10.7. The zero-order valence-corrected chi connectivity index (χ0v) is 21.7. The number of carbonyl (C=O) groups excluding carboxylic acids is 1. The Labute approximate surface area is 217 Å². The summed E-state index contributed by atoms with van der Waals surface area (Å²) in [6.45, 7) is 0.513. The second kappa shape index (κ2) is 11.4. The third-order valence-electron chi connectivity index (χ3n) is 5.11. The van der Waals surface area contributed by atoms with Crippen LogP contribution in [0.5, 0.6) is 28.7 Å². The molecule has 188 valence electrons. The van der Waals surface area contributed by atoms with Crippen LogP contribution in [0, 0.1) is 5.41 Å². The number of hydrogen-bond acceptors (Lipinski definition) is 10. The van der Waals surface area contributed by atoms with Crippen LogP contribution in [0.4, 0.5) is 0 Å². The van der Waals surface area contributed by atoms with Gasteiger partial charge in [-0.15, -0.1) is 0 Å². The number of aliphatic imine (C=N–C) groups is 1. The molecule has 0 saturated heterocycles. The molecule has 10 nitrogen and oxygen atoms in total. The van der Waals surface area contributed by atoms with Gasteiger partial charge in [0.05, 0.1) is 38.9 Å². The molecule has 0 spiro atoms. The molecule has 2 heterocycles. The van der Waals surface area contributed by atoms with Crippen molar-refractivity contribution in [3.63, 3.8) is 0 Å². The number of rotatable bonds is 9. The van der Waals surface area contributed by atoms with Gasteiger partial charge in [-0.1, -0.05) is 17.8 Å². The molecule has 0 radical (unpaired) electrons. The summed E-state index contributed by atoms with van der Waals surface area (Å²) in [6.07, 6.45) is 3.43. The maximum absolute atomic E-state index is 12.7. The average molecular weight is 529 g/mol.